The van der Waals surface area contributed by atoms with Crippen molar-refractivity contribution in [3.8, 4) is 0 Å². The maximum atomic E-state index is 13.5. The van der Waals surface area contributed by atoms with E-state index in [2.05, 4.69) is 27.0 Å². The van der Waals surface area contributed by atoms with E-state index in [4.69, 9.17) is 5.73 Å². The van der Waals surface area contributed by atoms with Gasteiger partial charge < -0.3 is 5.73 Å². The van der Waals surface area contributed by atoms with Gasteiger partial charge in [-0.3, -0.25) is 4.98 Å². The molecule has 0 fully saturated rings. The molecule has 0 amide bonds. The third-order valence-electron chi connectivity index (χ3n) is 3.22. The van der Waals surface area contributed by atoms with Gasteiger partial charge in [0.25, 0.3) is 0 Å². The first-order chi connectivity index (χ1) is 9.65. The zero-order valence-electron chi connectivity index (χ0n) is 10.5. The first-order valence-corrected chi connectivity index (χ1v) is 7.84. The summed E-state index contributed by atoms with van der Waals surface area (Å²) in [5.74, 6) is -0.262. The van der Waals surface area contributed by atoms with Crippen molar-refractivity contribution in [3.63, 3.8) is 0 Å². The first-order valence-electron chi connectivity index (χ1n) is 6.17. The summed E-state index contributed by atoms with van der Waals surface area (Å²) in [6.07, 6.45) is 2.36. The van der Waals surface area contributed by atoms with Gasteiger partial charge in [-0.15, -0.1) is 11.3 Å². The molecule has 3 rings (SSSR count). The molecule has 0 saturated heterocycles. The molecule has 5 heteroatoms. The summed E-state index contributed by atoms with van der Waals surface area (Å²) in [4.78, 5) is 4.39. The number of nitrogens with two attached hydrogens (primary N) is 1. The number of hydrogen-bond donors (Lipinski definition) is 1. The molecule has 2 aromatic heterocycles. The number of pyridine rings is 1. The smallest absolute Gasteiger partial charge is 0.137 e. The fourth-order valence-corrected chi connectivity index (χ4v) is 3.34. The van der Waals surface area contributed by atoms with Crippen LogP contribution >= 0.6 is 27.3 Å². The van der Waals surface area contributed by atoms with E-state index in [1.807, 2.05) is 17.5 Å². The number of aromatic nitrogens is 1. The van der Waals surface area contributed by atoms with Crippen LogP contribution in [-0.4, -0.2) is 4.98 Å². The summed E-state index contributed by atoms with van der Waals surface area (Å²) in [7, 11) is 0. The van der Waals surface area contributed by atoms with Crippen molar-refractivity contribution in [2.24, 2.45) is 5.73 Å². The van der Waals surface area contributed by atoms with Crippen LogP contribution < -0.4 is 5.73 Å². The molecule has 1 atom stereocenters. The largest absolute Gasteiger partial charge is 0.324 e. The second kappa shape index (κ2) is 5.60. The van der Waals surface area contributed by atoms with Gasteiger partial charge in [0.2, 0.25) is 0 Å². The number of nitrogens with zero attached hydrogens (tertiary/aromatic N) is 1. The van der Waals surface area contributed by atoms with E-state index < -0.39 is 0 Å². The lowest BCUT2D eigenvalue weighted by Gasteiger charge is -2.13. The van der Waals surface area contributed by atoms with E-state index in [9.17, 15) is 4.39 Å². The molecule has 3 aromatic rings. The van der Waals surface area contributed by atoms with Crippen molar-refractivity contribution in [2.45, 2.75) is 12.5 Å². The molecule has 102 valence electrons. The molecule has 2 nitrogen and oxygen atoms in total. The molecule has 2 N–H and O–H groups in total. The van der Waals surface area contributed by atoms with Crippen LogP contribution in [0.4, 0.5) is 4.39 Å². The van der Waals surface area contributed by atoms with E-state index in [1.54, 1.807) is 23.6 Å². The van der Waals surface area contributed by atoms with Gasteiger partial charge in [-0.2, -0.15) is 0 Å². The molecular formula is C15H12BrFN2S. The van der Waals surface area contributed by atoms with Crippen LogP contribution in [0.2, 0.25) is 0 Å². The molecule has 0 spiro atoms. The van der Waals surface area contributed by atoms with Gasteiger partial charge in [-0.25, -0.2) is 4.39 Å². The second-order valence-corrected chi connectivity index (χ2v) is 6.34. The lowest BCUT2D eigenvalue weighted by atomic mass is 10.0. The minimum atomic E-state index is -0.262. The maximum Gasteiger partial charge on any atom is 0.137 e. The van der Waals surface area contributed by atoms with Gasteiger partial charge in [0.15, 0.2) is 0 Å². The van der Waals surface area contributed by atoms with Crippen molar-refractivity contribution >= 4 is 37.5 Å². The van der Waals surface area contributed by atoms with Gasteiger partial charge in [0, 0.05) is 12.2 Å². The van der Waals surface area contributed by atoms with Crippen molar-refractivity contribution in [1.29, 1.82) is 0 Å². The topological polar surface area (TPSA) is 38.9 Å². The Labute approximate surface area is 128 Å². The molecule has 0 aliphatic heterocycles. The summed E-state index contributed by atoms with van der Waals surface area (Å²) >= 11 is 4.91. The Morgan fingerprint density at radius 1 is 1.35 bits per heavy atom. The molecule has 2 heterocycles. The van der Waals surface area contributed by atoms with Crippen LogP contribution in [0.25, 0.3) is 10.2 Å². The molecule has 0 radical (unpaired) electrons. The molecule has 0 bridgehead atoms. The summed E-state index contributed by atoms with van der Waals surface area (Å²) in [5, 5.41) is 2.01. The average molecular weight is 351 g/mol. The first kappa shape index (κ1) is 13.7. The summed E-state index contributed by atoms with van der Waals surface area (Å²) in [6, 6.07) is 8.85. The van der Waals surface area contributed by atoms with Gasteiger partial charge in [-0.05, 0) is 57.1 Å². The minimum absolute atomic E-state index is 0.202. The number of hydrogen-bond acceptors (Lipinski definition) is 3. The summed E-state index contributed by atoms with van der Waals surface area (Å²) in [6.45, 7) is 0. The molecule has 1 unspecified atom stereocenters. The van der Waals surface area contributed by atoms with E-state index in [0.29, 0.717) is 10.9 Å². The predicted molar refractivity (Wildman–Crippen MR) is 84.4 cm³/mol. The Morgan fingerprint density at radius 3 is 3.05 bits per heavy atom. The Balaban J connectivity index is 1.88. The van der Waals surface area contributed by atoms with Crippen molar-refractivity contribution in [1.82, 2.24) is 4.98 Å². The quantitative estimate of drug-likeness (QED) is 0.758. The summed E-state index contributed by atoms with van der Waals surface area (Å²) < 4.78 is 15.1. The molecule has 0 aliphatic rings. The fraction of sp³-hybridized carbons (Fsp3) is 0.133. The van der Waals surface area contributed by atoms with Crippen LogP contribution in [0.15, 0.2) is 46.4 Å². The molecule has 0 aliphatic carbocycles. The third kappa shape index (κ3) is 2.61. The minimum Gasteiger partial charge on any atom is -0.324 e. The molecule has 20 heavy (non-hydrogen) atoms. The predicted octanol–water partition coefficient (Wildman–Crippen LogP) is 4.44. The number of rotatable bonds is 3. The van der Waals surface area contributed by atoms with Gasteiger partial charge >= 0.3 is 0 Å². The van der Waals surface area contributed by atoms with E-state index in [-0.39, 0.29) is 11.9 Å². The van der Waals surface area contributed by atoms with Gasteiger partial charge in [0.1, 0.15) is 5.82 Å². The van der Waals surface area contributed by atoms with Crippen molar-refractivity contribution < 1.29 is 4.39 Å². The van der Waals surface area contributed by atoms with Gasteiger partial charge in [0.05, 0.1) is 14.7 Å². The molecule has 0 saturated carbocycles. The van der Waals surface area contributed by atoms with E-state index in [0.717, 1.165) is 21.3 Å². The highest BCUT2D eigenvalue weighted by molar-refractivity contribution is 9.10. The Bertz CT molecular complexity index is 756. The standard InChI is InChI=1S/C15H12BrFN2S/c16-15-9(2-1-3-11(15)17)6-12(18)10-7-14-13(19-8-10)4-5-20-14/h1-5,7-8,12H,6,18H2. The van der Waals surface area contributed by atoms with Crippen LogP contribution in [0.1, 0.15) is 17.2 Å². The van der Waals surface area contributed by atoms with Crippen molar-refractivity contribution in [3.05, 3.63) is 63.3 Å². The SMILES string of the molecule is NC(Cc1cccc(F)c1Br)c1cnc2ccsc2c1. The summed E-state index contributed by atoms with van der Waals surface area (Å²) in [5.41, 5.74) is 9.04. The molecule has 1 aromatic carbocycles. The zero-order chi connectivity index (χ0) is 14.1. The highest BCUT2D eigenvalue weighted by Gasteiger charge is 2.12. The Morgan fingerprint density at radius 2 is 2.20 bits per heavy atom. The van der Waals surface area contributed by atoms with Crippen molar-refractivity contribution in [2.75, 3.05) is 0 Å². The highest BCUT2D eigenvalue weighted by Crippen LogP contribution is 2.27. The van der Waals surface area contributed by atoms with Crippen LogP contribution in [0.5, 0.6) is 0 Å². The average Bonchev–Trinajstić information content (AvgIpc) is 2.91. The number of benzene rings is 1. The monoisotopic (exact) mass is 350 g/mol. The highest BCUT2D eigenvalue weighted by atomic mass is 79.9. The lowest BCUT2D eigenvalue weighted by Crippen LogP contribution is -2.14. The normalized spacial score (nSPS) is 12.8. The third-order valence-corrected chi connectivity index (χ3v) is 4.96. The second-order valence-electron chi connectivity index (χ2n) is 4.60. The number of halogens is 2. The number of fused-ring (bicyclic) bond motifs is 1. The fourth-order valence-electron chi connectivity index (χ4n) is 2.13. The van der Waals surface area contributed by atoms with Crippen LogP contribution in [0.3, 0.4) is 0 Å². The lowest BCUT2D eigenvalue weighted by molar-refractivity contribution is 0.614. The van der Waals surface area contributed by atoms with Crippen LogP contribution in [0, 0.1) is 5.82 Å². The van der Waals surface area contributed by atoms with E-state index >= 15 is 0 Å². The van der Waals surface area contributed by atoms with E-state index in [1.165, 1.54) is 6.07 Å². The molecular weight excluding hydrogens is 339 g/mol. The maximum absolute atomic E-state index is 13.5. The number of thiophene rings is 1. The zero-order valence-corrected chi connectivity index (χ0v) is 12.9. The van der Waals surface area contributed by atoms with Crippen LogP contribution in [-0.2, 0) is 6.42 Å². The Kier molecular flexibility index (Phi) is 3.83. The van der Waals surface area contributed by atoms with Gasteiger partial charge in [-0.1, -0.05) is 12.1 Å². The Hall–Kier alpha value is -1.30.